The maximum absolute atomic E-state index is 11.7. The van der Waals surface area contributed by atoms with Crippen LogP contribution < -0.4 is 5.32 Å². The van der Waals surface area contributed by atoms with Gasteiger partial charge in [-0.05, 0) is 25.1 Å². The van der Waals surface area contributed by atoms with E-state index in [1.165, 1.54) is 19.2 Å². The molecule has 0 radical (unpaired) electrons. The molecule has 1 atom stereocenters. The van der Waals surface area contributed by atoms with Gasteiger partial charge in [0.1, 0.15) is 0 Å². The van der Waals surface area contributed by atoms with Crippen molar-refractivity contribution in [1.29, 1.82) is 5.26 Å². The maximum atomic E-state index is 11.7. The highest BCUT2D eigenvalue weighted by atomic mass is 16.5. The summed E-state index contributed by atoms with van der Waals surface area (Å²) in [5.74, 6) is -1.05. The average Bonchev–Trinajstić information content (AvgIpc) is 2.45. The number of benzene rings is 1. The number of nitrogens with zero attached hydrogens (tertiary/aromatic N) is 1. The van der Waals surface area contributed by atoms with E-state index >= 15 is 0 Å². The van der Waals surface area contributed by atoms with Crippen LogP contribution in [0.25, 0.3) is 0 Å². The van der Waals surface area contributed by atoms with E-state index in [-0.39, 0.29) is 18.2 Å². The third-order valence-corrected chi connectivity index (χ3v) is 2.39. The molecule has 0 saturated heterocycles. The first-order valence-electron chi connectivity index (χ1n) is 6.02. The molecule has 1 unspecified atom stereocenters. The highest BCUT2D eigenvalue weighted by Crippen LogP contribution is 2.05. The van der Waals surface area contributed by atoms with Crippen LogP contribution in [0.15, 0.2) is 24.3 Å². The van der Waals surface area contributed by atoms with Crippen LogP contribution in [-0.2, 0) is 14.3 Å². The average molecular weight is 276 g/mol. The molecule has 0 aliphatic heterocycles. The maximum Gasteiger partial charge on any atom is 0.338 e. The van der Waals surface area contributed by atoms with Crippen molar-refractivity contribution >= 4 is 11.9 Å². The van der Waals surface area contributed by atoms with Crippen LogP contribution in [0.5, 0.6) is 0 Å². The summed E-state index contributed by atoms with van der Waals surface area (Å²) in [7, 11) is 1.53. The Labute approximate surface area is 117 Å². The molecular formula is C14H16N2O4. The van der Waals surface area contributed by atoms with Gasteiger partial charge in [0.25, 0.3) is 5.91 Å². The van der Waals surface area contributed by atoms with Gasteiger partial charge in [0.05, 0.1) is 23.8 Å². The summed E-state index contributed by atoms with van der Waals surface area (Å²) in [6.45, 7) is 1.78. The van der Waals surface area contributed by atoms with E-state index in [0.717, 1.165) is 0 Å². The second kappa shape index (κ2) is 7.92. The summed E-state index contributed by atoms with van der Waals surface area (Å²) >= 11 is 0. The van der Waals surface area contributed by atoms with Gasteiger partial charge in [0.2, 0.25) is 0 Å². The van der Waals surface area contributed by atoms with Gasteiger partial charge in [-0.2, -0.15) is 5.26 Å². The molecule has 1 N–H and O–H groups in total. The highest BCUT2D eigenvalue weighted by molar-refractivity contribution is 5.91. The molecule has 0 saturated carbocycles. The molecule has 6 heteroatoms. The number of nitriles is 1. The summed E-state index contributed by atoms with van der Waals surface area (Å²) in [6, 6.07) is 7.86. The summed E-state index contributed by atoms with van der Waals surface area (Å²) in [5, 5.41) is 11.4. The predicted octanol–water partition coefficient (Wildman–Crippen LogP) is 0.866. The SMILES string of the molecule is COCC(C)NC(=O)COC(=O)c1cccc(C#N)c1. The van der Waals surface area contributed by atoms with Crippen molar-refractivity contribution in [2.75, 3.05) is 20.3 Å². The Morgan fingerprint density at radius 2 is 2.20 bits per heavy atom. The van der Waals surface area contributed by atoms with Crippen molar-refractivity contribution in [1.82, 2.24) is 5.32 Å². The first-order chi connectivity index (χ1) is 9.56. The summed E-state index contributed by atoms with van der Waals surface area (Å²) in [4.78, 5) is 23.2. The zero-order chi connectivity index (χ0) is 15.0. The van der Waals surface area contributed by atoms with Crippen LogP contribution in [0, 0.1) is 11.3 Å². The Hall–Kier alpha value is -2.39. The summed E-state index contributed by atoms with van der Waals surface area (Å²) < 4.78 is 9.74. The van der Waals surface area contributed by atoms with Gasteiger partial charge in [-0.3, -0.25) is 4.79 Å². The van der Waals surface area contributed by atoms with Gasteiger partial charge in [-0.1, -0.05) is 6.07 Å². The molecular weight excluding hydrogens is 260 g/mol. The second-order valence-electron chi connectivity index (χ2n) is 4.19. The van der Waals surface area contributed by atoms with Gasteiger partial charge >= 0.3 is 5.97 Å². The zero-order valence-electron chi connectivity index (χ0n) is 11.4. The Morgan fingerprint density at radius 3 is 2.85 bits per heavy atom. The normalized spacial score (nSPS) is 11.2. The van der Waals surface area contributed by atoms with Crippen molar-refractivity contribution in [3.05, 3.63) is 35.4 Å². The molecule has 6 nitrogen and oxygen atoms in total. The molecule has 0 spiro atoms. The first-order valence-corrected chi connectivity index (χ1v) is 6.02. The highest BCUT2D eigenvalue weighted by Gasteiger charge is 2.12. The van der Waals surface area contributed by atoms with Gasteiger partial charge in [0.15, 0.2) is 6.61 Å². The zero-order valence-corrected chi connectivity index (χ0v) is 11.4. The number of ether oxygens (including phenoxy) is 2. The van der Waals surface area contributed by atoms with Crippen molar-refractivity contribution in [2.24, 2.45) is 0 Å². The molecule has 0 fully saturated rings. The monoisotopic (exact) mass is 276 g/mol. The molecule has 0 aliphatic rings. The molecule has 0 bridgehead atoms. The number of esters is 1. The van der Waals surface area contributed by atoms with Crippen LogP contribution in [-0.4, -0.2) is 38.2 Å². The fourth-order valence-electron chi connectivity index (χ4n) is 1.54. The topological polar surface area (TPSA) is 88.4 Å². The number of rotatable bonds is 6. The number of nitrogens with one attached hydrogen (secondary N) is 1. The third kappa shape index (κ3) is 5.08. The van der Waals surface area contributed by atoms with Crippen LogP contribution in [0.2, 0.25) is 0 Å². The standard InChI is InChI=1S/C14H16N2O4/c1-10(8-19-2)16-13(17)9-20-14(18)12-5-3-4-11(6-12)7-15/h3-6,10H,8-9H2,1-2H3,(H,16,17). The summed E-state index contributed by atoms with van der Waals surface area (Å²) in [6.07, 6.45) is 0. The quantitative estimate of drug-likeness (QED) is 0.779. The largest absolute Gasteiger partial charge is 0.452 e. The van der Waals surface area contributed by atoms with Crippen LogP contribution in [0.3, 0.4) is 0 Å². The molecule has 20 heavy (non-hydrogen) atoms. The van der Waals surface area contributed by atoms with E-state index in [1.54, 1.807) is 19.1 Å². The molecule has 1 aromatic carbocycles. The lowest BCUT2D eigenvalue weighted by Gasteiger charge is -2.12. The number of methoxy groups -OCH3 is 1. The van der Waals surface area contributed by atoms with Crippen LogP contribution in [0.1, 0.15) is 22.8 Å². The number of hydrogen-bond acceptors (Lipinski definition) is 5. The number of amides is 1. The van der Waals surface area contributed by atoms with E-state index < -0.39 is 11.9 Å². The van der Waals surface area contributed by atoms with Gasteiger partial charge in [0, 0.05) is 13.2 Å². The van der Waals surface area contributed by atoms with Gasteiger partial charge < -0.3 is 14.8 Å². The lowest BCUT2D eigenvalue weighted by Crippen LogP contribution is -2.38. The smallest absolute Gasteiger partial charge is 0.338 e. The minimum Gasteiger partial charge on any atom is -0.452 e. The van der Waals surface area contributed by atoms with Crippen molar-refractivity contribution in [3.63, 3.8) is 0 Å². The Kier molecular flexibility index (Phi) is 6.20. The lowest BCUT2D eigenvalue weighted by atomic mass is 10.1. The van der Waals surface area contributed by atoms with E-state index in [1.807, 2.05) is 6.07 Å². The second-order valence-corrected chi connectivity index (χ2v) is 4.19. The number of carbonyl (C=O) groups is 2. The lowest BCUT2D eigenvalue weighted by molar-refractivity contribution is -0.125. The van der Waals surface area contributed by atoms with Crippen molar-refractivity contribution in [2.45, 2.75) is 13.0 Å². The molecule has 1 rings (SSSR count). The van der Waals surface area contributed by atoms with E-state index in [2.05, 4.69) is 5.32 Å². The van der Waals surface area contributed by atoms with Gasteiger partial charge in [-0.25, -0.2) is 4.79 Å². The molecule has 0 aromatic heterocycles. The molecule has 0 aliphatic carbocycles. The predicted molar refractivity (Wildman–Crippen MR) is 70.9 cm³/mol. The molecule has 0 heterocycles. The Morgan fingerprint density at radius 1 is 1.45 bits per heavy atom. The Bertz CT molecular complexity index is 522. The fourth-order valence-corrected chi connectivity index (χ4v) is 1.54. The van der Waals surface area contributed by atoms with Crippen molar-refractivity contribution in [3.8, 4) is 6.07 Å². The van der Waals surface area contributed by atoms with E-state index in [4.69, 9.17) is 14.7 Å². The molecule has 1 amide bonds. The van der Waals surface area contributed by atoms with E-state index in [9.17, 15) is 9.59 Å². The first kappa shape index (κ1) is 15.7. The number of carbonyl (C=O) groups excluding carboxylic acids is 2. The summed E-state index contributed by atoms with van der Waals surface area (Å²) in [5.41, 5.74) is 0.597. The van der Waals surface area contributed by atoms with Crippen LogP contribution in [0.4, 0.5) is 0 Å². The van der Waals surface area contributed by atoms with Gasteiger partial charge in [-0.15, -0.1) is 0 Å². The molecule has 1 aromatic rings. The Balaban J connectivity index is 2.47. The minimum atomic E-state index is -0.642. The fraction of sp³-hybridized carbons (Fsp3) is 0.357. The minimum absolute atomic E-state index is 0.159. The van der Waals surface area contributed by atoms with Crippen molar-refractivity contribution < 1.29 is 19.1 Å². The number of hydrogen-bond donors (Lipinski definition) is 1. The third-order valence-electron chi connectivity index (χ3n) is 2.39. The van der Waals surface area contributed by atoms with Crippen LogP contribution >= 0.6 is 0 Å². The molecule has 106 valence electrons. The van der Waals surface area contributed by atoms with E-state index in [0.29, 0.717) is 12.2 Å².